The Kier molecular flexibility index (Phi) is 8.22. The maximum atomic E-state index is 12.8. The third-order valence-electron chi connectivity index (χ3n) is 3.48. The van der Waals surface area contributed by atoms with Crippen LogP contribution in [0.25, 0.3) is 0 Å². The van der Waals surface area contributed by atoms with Crippen molar-refractivity contribution in [1.29, 1.82) is 0 Å². The van der Waals surface area contributed by atoms with Gasteiger partial charge in [-0.2, -0.15) is 0 Å². The molecule has 0 spiro atoms. The molecule has 0 aliphatic rings. The van der Waals surface area contributed by atoms with E-state index in [9.17, 15) is 18.8 Å². The van der Waals surface area contributed by atoms with Crippen molar-refractivity contribution < 1.29 is 23.5 Å². The number of hydrogen-bond acceptors (Lipinski definition) is 4. The first-order chi connectivity index (χ1) is 13.3. The number of esters is 1. The molecule has 9 heteroatoms. The Morgan fingerprint density at radius 3 is 2.36 bits per heavy atom. The van der Waals surface area contributed by atoms with Crippen LogP contribution in [-0.2, 0) is 19.1 Å². The molecule has 0 aliphatic carbocycles. The SMILES string of the molecule is O=C(CCCC(=O)OCC(=O)Nc1cc(Cl)ccc1Cl)Nc1ccc(F)cc1. The van der Waals surface area contributed by atoms with Gasteiger partial charge in [-0.05, 0) is 48.9 Å². The third kappa shape index (κ3) is 7.54. The fourth-order valence-electron chi connectivity index (χ4n) is 2.15. The van der Waals surface area contributed by atoms with E-state index in [0.29, 0.717) is 21.4 Å². The lowest BCUT2D eigenvalue weighted by Gasteiger charge is -2.08. The summed E-state index contributed by atoms with van der Waals surface area (Å²) in [6.45, 7) is -0.483. The summed E-state index contributed by atoms with van der Waals surface area (Å²) in [6, 6.07) is 9.92. The lowest BCUT2D eigenvalue weighted by Crippen LogP contribution is -2.21. The van der Waals surface area contributed by atoms with E-state index < -0.39 is 24.3 Å². The zero-order chi connectivity index (χ0) is 20.5. The highest BCUT2D eigenvalue weighted by Crippen LogP contribution is 2.25. The summed E-state index contributed by atoms with van der Waals surface area (Å²) in [4.78, 5) is 35.2. The number of amides is 2. The fourth-order valence-corrected chi connectivity index (χ4v) is 2.48. The van der Waals surface area contributed by atoms with Gasteiger partial charge in [-0.25, -0.2) is 4.39 Å². The third-order valence-corrected chi connectivity index (χ3v) is 4.04. The van der Waals surface area contributed by atoms with Gasteiger partial charge in [-0.3, -0.25) is 14.4 Å². The van der Waals surface area contributed by atoms with Gasteiger partial charge in [0.05, 0.1) is 10.7 Å². The second-order valence-corrected chi connectivity index (χ2v) is 6.59. The van der Waals surface area contributed by atoms with E-state index in [2.05, 4.69) is 10.6 Å². The zero-order valence-corrected chi connectivity index (χ0v) is 16.1. The molecule has 2 aromatic rings. The van der Waals surface area contributed by atoms with Crippen LogP contribution in [0.3, 0.4) is 0 Å². The molecule has 2 amide bonds. The van der Waals surface area contributed by atoms with Crippen LogP contribution in [0.15, 0.2) is 42.5 Å². The molecule has 0 bridgehead atoms. The van der Waals surface area contributed by atoms with Gasteiger partial charge in [0.2, 0.25) is 5.91 Å². The van der Waals surface area contributed by atoms with Crippen molar-refractivity contribution in [2.24, 2.45) is 0 Å². The number of rotatable bonds is 8. The highest BCUT2D eigenvalue weighted by atomic mass is 35.5. The topological polar surface area (TPSA) is 84.5 Å². The second-order valence-electron chi connectivity index (χ2n) is 5.74. The van der Waals surface area contributed by atoms with Crippen LogP contribution < -0.4 is 10.6 Å². The molecule has 28 heavy (non-hydrogen) atoms. The van der Waals surface area contributed by atoms with Crippen molar-refractivity contribution >= 4 is 52.4 Å². The number of hydrogen-bond donors (Lipinski definition) is 2. The summed E-state index contributed by atoms with van der Waals surface area (Å²) in [7, 11) is 0. The van der Waals surface area contributed by atoms with E-state index in [1.165, 1.54) is 36.4 Å². The van der Waals surface area contributed by atoms with E-state index in [4.69, 9.17) is 27.9 Å². The predicted octanol–water partition coefficient (Wildman–Crippen LogP) is 4.42. The van der Waals surface area contributed by atoms with E-state index in [1.54, 1.807) is 6.07 Å². The number of benzene rings is 2. The first-order valence-electron chi connectivity index (χ1n) is 8.29. The molecule has 6 nitrogen and oxygen atoms in total. The number of carbonyl (C=O) groups is 3. The first-order valence-corrected chi connectivity index (χ1v) is 9.05. The van der Waals surface area contributed by atoms with Crippen LogP contribution in [-0.4, -0.2) is 24.4 Å². The summed E-state index contributed by atoms with van der Waals surface area (Å²) in [6.07, 6.45) is 0.298. The molecule has 2 rings (SSSR count). The molecule has 148 valence electrons. The van der Waals surface area contributed by atoms with Gasteiger partial charge in [0.15, 0.2) is 6.61 Å². The molecule has 0 radical (unpaired) electrons. The summed E-state index contributed by atoms with van der Waals surface area (Å²) in [5.41, 5.74) is 0.776. The van der Waals surface area contributed by atoms with E-state index >= 15 is 0 Å². The normalized spacial score (nSPS) is 10.2. The predicted molar refractivity (Wildman–Crippen MR) is 105 cm³/mol. The molecule has 0 saturated heterocycles. The molecule has 0 aromatic heterocycles. The van der Waals surface area contributed by atoms with Gasteiger partial charge >= 0.3 is 5.97 Å². The zero-order valence-electron chi connectivity index (χ0n) is 14.6. The Morgan fingerprint density at radius 2 is 1.64 bits per heavy atom. The van der Waals surface area contributed by atoms with Gasteiger partial charge in [0.25, 0.3) is 5.91 Å². The molecule has 0 fully saturated rings. The highest BCUT2D eigenvalue weighted by molar-refractivity contribution is 6.35. The monoisotopic (exact) mass is 426 g/mol. The van der Waals surface area contributed by atoms with Crippen LogP contribution in [0, 0.1) is 5.82 Å². The molecule has 0 aliphatic heterocycles. The summed E-state index contributed by atoms with van der Waals surface area (Å²) in [5, 5.41) is 5.77. The van der Waals surface area contributed by atoms with Gasteiger partial charge in [-0.15, -0.1) is 0 Å². The molecular weight excluding hydrogens is 410 g/mol. The van der Waals surface area contributed by atoms with Crippen LogP contribution >= 0.6 is 23.2 Å². The van der Waals surface area contributed by atoms with Gasteiger partial charge in [0, 0.05) is 23.6 Å². The molecule has 2 N–H and O–H groups in total. The molecule has 0 atom stereocenters. The van der Waals surface area contributed by atoms with Crippen molar-refractivity contribution in [2.75, 3.05) is 17.2 Å². The largest absolute Gasteiger partial charge is 0.456 e. The maximum absolute atomic E-state index is 12.8. The van der Waals surface area contributed by atoms with Crippen LogP contribution in [0.5, 0.6) is 0 Å². The van der Waals surface area contributed by atoms with E-state index in [1.807, 2.05) is 0 Å². The fraction of sp³-hybridized carbons (Fsp3) is 0.211. The molecule has 0 heterocycles. The average molecular weight is 427 g/mol. The summed E-state index contributed by atoms with van der Waals surface area (Å²) in [5.74, 6) is -1.89. The number of ether oxygens (including phenoxy) is 1. The van der Waals surface area contributed by atoms with E-state index in [0.717, 1.165) is 0 Å². The van der Waals surface area contributed by atoms with Crippen molar-refractivity contribution in [2.45, 2.75) is 19.3 Å². The number of carbonyl (C=O) groups excluding carboxylic acids is 3. The lowest BCUT2D eigenvalue weighted by molar-refractivity contribution is -0.147. The molecular formula is C19H17Cl2FN2O4. The van der Waals surface area contributed by atoms with Crippen LogP contribution in [0.2, 0.25) is 10.0 Å². The van der Waals surface area contributed by atoms with Crippen molar-refractivity contribution in [3.05, 3.63) is 58.3 Å². The Balaban J connectivity index is 1.65. The minimum atomic E-state index is -0.609. The standard InChI is InChI=1S/C19H17Cl2FN2O4/c20-12-4-9-15(21)16(10-12)24-18(26)11-28-19(27)3-1-2-17(25)23-14-7-5-13(22)6-8-14/h4-10H,1-3,11H2,(H,23,25)(H,24,26). The summed E-state index contributed by atoms with van der Waals surface area (Å²) < 4.78 is 17.7. The second kappa shape index (κ2) is 10.6. The average Bonchev–Trinajstić information content (AvgIpc) is 2.65. The van der Waals surface area contributed by atoms with E-state index in [-0.39, 0.29) is 25.2 Å². The quantitative estimate of drug-likeness (QED) is 0.611. The smallest absolute Gasteiger partial charge is 0.306 e. The summed E-state index contributed by atoms with van der Waals surface area (Å²) >= 11 is 11.8. The maximum Gasteiger partial charge on any atom is 0.306 e. The van der Waals surface area contributed by atoms with Gasteiger partial charge in [-0.1, -0.05) is 23.2 Å². The minimum Gasteiger partial charge on any atom is -0.456 e. The first kappa shape index (κ1) is 21.7. The Morgan fingerprint density at radius 1 is 0.929 bits per heavy atom. The molecule has 0 unspecified atom stereocenters. The number of nitrogens with one attached hydrogen (secondary N) is 2. The van der Waals surface area contributed by atoms with Gasteiger partial charge < -0.3 is 15.4 Å². The molecule has 0 saturated carbocycles. The highest BCUT2D eigenvalue weighted by Gasteiger charge is 2.11. The van der Waals surface area contributed by atoms with Crippen LogP contribution in [0.1, 0.15) is 19.3 Å². The van der Waals surface area contributed by atoms with Gasteiger partial charge in [0.1, 0.15) is 5.82 Å². The number of halogens is 3. The minimum absolute atomic E-state index is 0.0258. The Hall–Kier alpha value is -2.64. The van der Waals surface area contributed by atoms with Crippen molar-refractivity contribution in [3.63, 3.8) is 0 Å². The lowest BCUT2D eigenvalue weighted by atomic mass is 10.2. The van der Waals surface area contributed by atoms with Crippen molar-refractivity contribution in [3.8, 4) is 0 Å². The Labute approximate surface area is 171 Å². The number of anilines is 2. The van der Waals surface area contributed by atoms with Crippen LogP contribution in [0.4, 0.5) is 15.8 Å². The van der Waals surface area contributed by atoms with Crippen molar-refractivity contribution in [1.82, 2.24) is 0 Å². The molecule has 2 aromatic carbocycles. The Bertz CT molecular complexity index is 860.